The van der Waals surface area contributed by atoms with E-state index in [9.17, 15) is 4.39 Å². The van der Waals surface area contributed by atoms with Crippen molar-refractivity contribution in [3.8, 4) is 0 Å². The molecule has 0 aliphatic carbocycles. The molecule has 0 fully saturated rings. The van der Waals surface area contributed by atoms with Crippen LogP contribution in [0.5, 0.6) is 0 Å². The van der Waals surface area contributed by atoms with Crippen LogP contribution in [-0.2, 0) is 0 Å². The molecule has 0 aromatic heterocycles. The third-order valence-corrected chi connectivity index (χ3v) is 3.12. The van der Waals surface area contributed by atoms with Gasteiger partial charge in [-0.05, 0) is 37.7 Å². The highest BCUT2D eigenvalue weighted by atomic mass is 19.1. The van der Waals surface area contributed by atoms with Crippen LogP contribution >= 0.6 is 0 Å². The van der Waals surface area contributed by atoms with Gasteiger partial charge in [-0.25, -0.2) is 4.39 Å². The fourth-order valence-electron chi connectivity index (χ4n) is 1.87. The second-order valence-corrected chi connectivity index (χ2v) is 4.26. The maximum atomic E-state index is 13.1. The summed E-state index contributed by atoms with van der Waals surface area (Å²) in [5.41, 5.74) is 1.00. The lowest BCUT2D eigenvalue weighted by Gasteiger charge is -2.20. The highest BCUT2D eigenvalue weighted by Gasteiger charge is 2.06. The lowest BCUT2D eigenvalue weighted by Crippen LogP contribution is -2.33. The van der Waals surface area contributed by atoms with Crippen molar-refractivity contribution in [3.05, 3.63) is 35.6 Å². The minimum Gasteiger partial charge on any atom is -0.309 e. The fourth-order valence-corrected chi connectivity index (χ4v) is 1.87. The number of likely N-dealkylation sites (N-methyl/N-ethyl adjacent to an activating group) is 1. The highest BCUT2D eigenvalue weighted by Crippen LogP contribution is 2.12. The SMILES string of the molecule is CCN(CC)CCN[C@H](C)c1cccc(F)c1. The van der Waals surface area contributed by atoms with Gasteiger partial charge in [0.25, 0.3) is 0 Å². The molecule has 1 aromatic rings. The average Bonchev–Trinajstić information content (AvgIpc) is 2.34. The van der Waals surface area contributed by atoms with Crippen molar-refractivity contribution < 1.29 is 4.39 Å². The first kappa shape index (κ1) is 14.1. The van der Waals surface area contributed by atoms with Crippen LogP contribution < -0.4 is 5.32 Å². The van der Waals surface area contributed by atoms with Crippen LogP contribution in [0.1, 0.15) is 32.4 Å². The number of nitrogens with one attached hydrogen (secondary N) is 1. The van der Waals surface area contributed by atoms with Gasteiger partial charge in [-0.2, -0.15) is 0 Å². The van der Waals surface area contributed by atoms with Crippen LogP contribution in [-0.4, -0.2) is 31.1 Å². The topological polar surface area (TPSA) is 15.3 Å². The van der Waals surface area contributed by atoms with Gasteiger partial charge in [0, 0.05) is 19.1 Å². The molecular formula is C14H23FN2. The predicted molar refractivity (Wildman–Crippen MR) is 70.6 cm³/mol. The van der Waals surface area contributed by atoms with Crippen molar-refractivity contribution in [1.29, 1.82) is 0 Å². The number of rotatable bonds is 7. The smallest absolute Gasteiger partial charge is 0.123 e. The van der Waals surface area contributed by atoms with E-state index < -0.39 is 0 Å². The molecule has 0 aliphatic rings. The predicted octanol–water partition coefficient (Wildman–Crippen LogP) is 2.82. The molecule has 1 atom stereocenters. The molecule has 1 rings (SSSR count). The van der Waals surface area contributed by atoms with Crippen LogP contribution in [0.15, 0.2) is 24.3 Å². The number of benzene rings is 1. The van der Waals surface area contributed by atoms with E-state index in [0.29, 0.717) is 0 Å². The summed E-state index contributed by atoms with van der Waals surface area (Å²) in [7, 11) is 0. The Labute approximate surface area is 104 Å². The summed E-state index contributed by atoms with van der Waals surface area (Å²) in [5.74, 6) is -0.167. The zero-order chi connectivity index (χ0) is 12.7. The quantitative estimate of drug-likeness (QED) is 0.786. The molecule has 0 radical (unpaired) electrons. The first-order valence-electron chi connectivity index (χ1n) is 6.38. The second kappa shape index (κ2) is 7.41. The minimum absolute atomic E-state index is 0.167. The van der Waals surface area contributed by atoms with E-state index in [0.717, 1.165) is 31.7 Å². The van der Waals surface area contributed by atoms with Gasteiger partial charge in [-0.3, -0.25) is 0 Å². The summed E-state index contributed by atoms with van der Waals surface area (Å²) >= 11 is 0. The Bertz CT molecular complexity index is 324. The Morgan fingerprint density at radius 3 is 2.59 bits per heavy atom. The molecule has 17 heavy (non-hydrogen) atoms. The van der Waals surface area contributed by atoms with Gasteiger partial charge in [-0.15, -0.1) is 0 Å². The minimum atomic E-state index is -0.167. The molecule has 0 aliphatic heterocycles. The maximum absolute atomic E-state index is 13.1. The van der Waals surface area contributed by atoms with Crippen LogP contribution in [0.4, 0.5) is 4.39 Å². The third-order valence-electron chi connectivity index (χ3n) is 3.12. The molecule has 0 unspecified atom stereocenters. The van der Waals surface area contributed by atoms with E-state index >= 15 is 0 Å². The van der Waals surface area contributed by atoms with Gasteiger partial charge < -0.3 is 10.2 Å². The molecule has 1 aromatic carbocycles. The zero-order valence-corrected chi connectivity index (χ0v) is 11.0. The zero-order valence-electron chi connectivity index (χ0n) is 11.0. The standard InChI is InChI=1S/C14H23FN2/c1-4-17(5-2)10-9-16-12(3)13-7-6-8-14(15)11-13/h6-8,11-12,16H,4-5,9-10H2,1-3H3/t12-/m1/s1. The van der Waals surface area contributed by atoms with Gasteiger partial charge >= 0.3 is 0 Å². The van der Waals surface area contributed by atoms with Crippen molar-refractivity contribution in [3.63, 3.8) is 0 Å². The molecule has 0 saturated heterocycles. The number of nitrogens with zero attached hydrogens (tertiary/aromatic N) is 1. The molecular weight excluding hydrogens is 215 g/mol. The van der Waals surface area contributed by atoms with Gasteiger partial charge in [0.1, 0.15) is 5.82 Å². The molecule has 1 N–H and O–H groups in total. The van der Waals surface area contributed by atoms with Crippen LogP contribution in [0.25, 0.3) is 0 Å². The summed E-state index contributed by atoms with van der Waals surface area (Å²) in [6.07, 6.45) is 0. The van der Waals surface area contributed by atoms with Crippen molar-refractivity contribution in [2.75, 3.05) is 26.2 Å². The van der Waals surface area contributed by atoms with Gasteiger partial charge in [0.05, 0.1) is 0 Å². The third kappa shape index (κ3) is 4.84. The second-order valence-electron chi connectivity index (χ2n) is 4.26. The van der Waals surface area contributed by atoms with Crippen LogP contribution in [0.2, 0.25) is 0 Å². The maximum Gasteiger partial charge on any atom is 0.123 e. The van der Waals surface area contributed by atoms with Gasteiger partial charge in [0.2, 0.25) is 0 Å². The summed E-state index contributed by atoms with van der Waals surface area (Å²) in [6.45, 7) is 10.5. The Morgan fingerprint density at radius 2 is 2.00 bits per heavy atom. The van der Waals surface area contributed by atoms with E-state index in [1.165, 1.54) is 6.07 Å². The van der Waals surface area contributed by atoms with Crippen molar-refractivity contribution in [2.45, 2.75) is 26.8 Å². The Balaban J connectivity index is 2.37. The van der Waals surface area contributed by atoms with Gasteiger partial charge in [0.15, 0.2) is 0 Å². The highest BCUT2D eigenvalue weighted by molar-refractivity contribution is 5.19. The average molecular weight is 238 g/mol. The molecule has 96 valence electrons. The van der Waals surface area contributed by atoms with Crippen LogP contribution in [0, 0.1) is 5.82 Å². The number of hydrogen-bond donors (Lipinski definition) is 1. The first-order valence-corrected chi connectivity index (χ1v) is 6.38. The Hall–Kier alpha value is -0.930. The van der Waals surface area contributed by atoms with E-state index in [1.807, 2.05) is 6.07 Å². The molecule has 0 bridgehead atoms. The van der Waals surface area contributed by atoms with E-state index in [2.05, 4.69) is 31.0 Å². The summed E-state index contributed by atoms with van der Waals surface area (Å²) in [4.78, 5) is 2.37. The summed E-state index contributed by atoms with van der Waals surface area (Å²) in [5, 5.41) is 3.42. The largest absolute Gasteiger partial charge is 0.309 e. The van der Waals surface area contributed by atoms with Gasteiger partial charge in [-0.1, -0.05) is 26.0 Å². The lowest BCUT2D eigenvalue weighted by atomic mass is 10.1. The molecule has 3 heteroatoms. The van der Waals surface area contributed by atoms with E-state index in [-0.39, 0.29) is 11.9 Å². The molecule has 0 saturated carbocycles. The molecule has 0 spiro atoms. The summed E-state index contributed by atoms with van der Waals surface area (Å²) in [6, 6.07) is 6.98. The van der Waals surface area contributed by atoms with Crippen molar-refractivity contribution >= 4 is 0 Å². The van der Waals surface area contributed by atoms with E-state index in [1.54, 1.807) is 12.1 Å². The molecule has 2 nitrogen and oxygen atoms in total. The first-order chi connectivity index (χ1) is 8.17. The van der Waals surface area contributed by atoms with Crippen LogP contribution in [0.3, 0.4) is 0 Å². The molecule has 0 amide bonds. The molecule has 0 heterocycles. The lowest BCUT2D eigenvalue weighted by molar-refractivity contribution is 0.298. The summed E-state index contributed by atoms with van der Waals surface area (Å²) < 4.78 is 13.1. The Morgan fingerprint density at radius 1 is 1.29 bits per heavy atom. The number of hydrogen-bond acceptors (Lipinski definition) is 2. The fraction of sp³-hybridized carbons (Fsp3) is 0.571. The number of halogens is 1. The Kier molecular flexibility index (Phi) is 6.16. The van der Waals surface area contributed by atoms with Crippen molar-refractivity contribution in [2.24, 2.45) is 0 Å². The normalized spacial score (nSPS) is 13.0. The van der Waals surface area contributed by atoms with E-state index in [4.69, 9.17) is 0 Å². The van der Waals surface area contributed by atoms with Crippen molar-refractivity contribution in [1.82, 2.24) is 10.2 Å². The monoisotopic (exact) mass is 238 g/mol.